The maximum atomic E-state index is 13.8. The summed E-state index contributed by atoms with van der Waals surface area (Å²) in [6.45, 7) is 1.72. The Kier molecular flexibility index (Phi) is 9.64. The predicted octanol–water partition coefficient (Wildman–Crippen LogP) is 6.09. The van der Waals surface area contributed by atoms with Crippen molar-refractivity contribution in [3.8, 4) is 17.2 Å². The van der Waals surface area contributed by atoms with Crippen LogP contribution in [0.5, 0.6) is 17.2 Å². The first-order valence-corrected chi connectivity index (χ1v) is 15.6. The molecule has 0 heterocycles. The fraction of sp³-hybridized carbons (Fsp3) is 0.143. The van der Waals surface area contributed by atoms with Crippen LogP contribution in [0.25, 0.3) is 10.8 Å². The summed E-state index contributed by atoms with van der Waals surface area (Å²) in [7, 11) is -1.28. The van der Waals surface area contributed by atoms with Crippen LogP contribution in [0.4, 0.5) is 5.69 Å². The predicted molar refractivity (Wildman–Crippen MR) is 176 cm³/mol. The third-order valence-electron chi connectivity index (χ3n) is 7.11. The second-order valence-corrected chi connectivity index (χ2v) is 12.0. The van der Waals surface area contributed by atoms with E-state index in [1.807, 2.05) is 55.5 Å². The number of anilines is 1. The van der Waals surface area contributed by atoms with Crippen LogP contribution < -0.4 is 23.9 Å². The quantitative estimate of drug-likeness (QED) is 0.133. The lowest BCUT2D eigenvalue weighted by Gasteiger charge is -2.25. The summed E-state index contributed by atoms with van der Waals surface area (Å²) in [6.07, 6.45) is 1.47. The molecule has 9 nitrogen and oxygen atoms in total. The number of methoxy groups -OCH3 is 2. The van der Waals surface area contributed by atoms with Gasteiger partial charge in [0.25, 0.3) is 15.9 Å². The molecule has 0 bridgehead atoms. The van der Waals surface area contributed by atoms with Crippen molar-refractivity contribution in [2.45, 2.75) is 18.4 Å². The highest BCUT2D eigenvalue weighted by molar-refractivity contribution is 7.92. The molecule has 1 amide bonds. The van der Waals surface area contributed by atoms with Gasteiger partial charge in [-0.2, -0.15) is 5.10 Å². The number of nitrogens with zero attached hydrogens (tertiary/aromatic N) is 2. The molecule has 5 rings (SSSR count). The number of sulfonamides is 1. The van der Waals surface area contributed by atoms with Gasteiger partial charge in [-0.1, -0.05) is 60.2 Å². The van der Waals surface area contributed by atoms with Gasteiger partial charge in [-0.3, -0.25) is 9.10 Å². The molecule has 0 unspecified atom stereocenters. The van der Waals surface area contributed by atoms with E-state index in [9.17, 15) is 13.2 Å². The van der Waals surface area contributed by atoms with Crippen molar-refractivity contribution < 1.29 is 27.4 Å². The monoisotopic (exact) mass is 623 g/mol. The number of hydrogen-bond donors (Lipinski definition) is 1. The van der Waals surface area contributed by atoms with Crippen LogP contribution in [0.1, 0.15) is 16.7 Å². The van der Waals surface area contributed by atoms with E-state index < -0.39 is 22.5 Å². The number of benzene rings is 5. The molecule has 0 aromatic heterocycles. The zero-order valence-electron chi connectivity index (χ0n) is 25.1. The Labute approximate surface area is 262 Å². The van der Waals surface area contributed by atoms with Gasteiger partial charge >= 0.3 is 0 Å². The molecular formula is C35H33N3O6S. The number of carbonyl (C=O) groups is 1. The number of hydrazone groups is 1. The molecule has 0 saturated heterocycles. The van der Waals surface area contributed by atoms with Gasteiger partial charge in [0.15, 0.2) is 0 Å². The second kappa shape index (κ2) is 14.0. The third-order valence-corrected chi connectivity index (χ3v) is 8.88. The Bertz CT molecular complexity index is 1920. The molecular weight excluding hydrogens is 590 g/mol. The lowest BCUT2D eigenvalue weighted by atomic mass is 10.1. The zero-order chi connectivity index (χ0) is 31.8. The van der Waals surface area contributed by atoms with E-state index in [0.29, 0.717) is 23.7 Å². The third kappa shape index (κ3) is 7.42. The minimum atomic E-state index is -4.17. The largest absolute Gasteiger partial charge is 0.497 e. The van der Waals surface area contributed by atoms with Crippen molar-refractivity contribution in [3.05, 3.63) is 126 Å². The van der Waals surface area contributed by atoms with E-state index in [-0.39, 0.29) is 16.3 Å². The Hall–Kier alpha value is -5.35. The summed E-state index contributed by atoms with van der Waals surface area (Å²) in [6, 6.07) is 32.7. The number of hydrogen-bond acceptors (Lipinski definition) is 7. The van der Waals surface area contributed by atoms with Crippen LogP contribution in [-0.4, -0.2) is 41.3 Å². The van der Waals surface area contributed by atoms with Crippen molar-refractivity contribution in [3.63, 3.8) is 0 Å². The van der Waals surface area contributed by atoms with Crippen molar-refractivity contribution in [1.29, 1.82) is 0 Å². The first kappa shape index (κ1) is 31.1. The van der Waals surface area contributed by atoms with Gasteiger partial charge in [0.1, 0.15) is 30.4 Å². The molecule has 0 aliphatic carbocycles. The molecule has 10 heteroatoms. The first-order valence-electron chi connectivity index (χ1n) is 14.1. The van der Waals surface area contributed by atoms with Crippen LogP contribution in [0, 0.1) is 6.92 Å². The number of aryl methyl sites for hydroxylation is 1. The standard InChI is InChI=1S/C35H33N3O6S/c1-25-11-18-31(19-12-25)45(40,41)38(33-21-30(42-2)17-20-34(33)43-3)23-35(39)37-36-22-26-13-15-29(16-14-26)44-24-28-9-6-8-27-7-4-5-10-32(27)28/h4-22H,23-24H2,1-3H3,(H,37,39)/b36-22-. The zero-order valence-corrected chi connectivity index (χ0v) is 26.0. The highest BCUT2D eigenvalue weighted by Gasteiger charge is 2.30. The molecule has 0 spiro atoms. The van der Waals surface area contributed by atoms with Gasteiger partial charge in [0.05, 0.1) is 31.0 Å². The van der Waals surface area contributed by atoms with E-state index in [1.54, 1.807) is 24.3 Å². The number of carbonyl (C=O) groups excluding carboxylic acids is 1. The van der Waals surface area contributed by atoms with Crippen molar-refractivity contribution in [2.24, 2.45) is 5.10 Å². The maximum Gasteiger partial charge on any atom is 0.264 e. The van der Waals surface area contributed by atoms with Gasteiger partial charge in [0, 0.05) is 6.07 Å². The molecule has 230 valence electrons. The highest BCUT2D eigenvalue weighted by Crippen LogP contribution is 2.35. The topological polar surface area (TPSA) is 107 Å². The lowest BCUT2D eigenvalue weighted by Crippen LogP contribution is -2.39. The SMILES string of the molecule is COc1ccc(OC)c(N(CC(=O)N/N=C\c2ccc(OCc3cccc4ccccc34)cc2)S(=O)(=O)c2ccc(C)cc2)c1. The summed E-state index contributed by atoms with van der Waals surface area (Å²) in [5.74, 6) is 0.693. The second-order valence-electron chi connectivity index (χ2n) is 10.2. The molecule has 0 fully saturated rings. The van der Waals surface area contributed by atoms with E-state index >= 15 is 0 Å². The van der Waals surface area contributed by atoms with Gasteiger partial charge in [-0.05, 0) is 77.4 Å². The Morgan fingerprint density at radius 3 is 2.29 bits per heavy atom. The average Bonchev–Trinajstić information content (AvgIpc) is 3.06. The number of rotatable bonds is 12. The Morgan fingerprint density at radius 2 is 1.56 bits per heavy atom. The fourth-order valence-corrected chi connectivity index (χ4v) is 6.13. The van der Waals surface area contributed by atoms with E-state index in [4.69, 9.17) is 14.2 Å². The number of nitrogens with one attached hydrogen (secondary N) is 1. The minimum Gasteiger partial charge on any atom is -0.497 e. The van der Waals surface area contributed by atoms with Crippen LogP contribution in [0.3, 0.4) is 0 Å². The smallest absolute Gasteiger partial charge is 0.264 e. The first-order chi connectivity index (χ1) is 21.8. The molecule has 0 aliphatic heterocycles. The number of amides is 1. The number of fused-ring (bicyclic) bond motifs is 1. The molecule has 0 atom stereocenters. The summed E-state index contributed by atoms with van der Waals surface area (Å²) in [5.41, 5.74) is 5.28. The van der Waals surface area contributed by atoms with Crippen LogP contribution in [-0.2, 0) is 21.4 Å². The Balaban J connectivity index is 1.27. The van der Waals surface area contributed by atoms with Crippen LogP contribution >= 0.6 is 0 Å². The maximum absolute atomic E-state index is 13.8. The molecule has 5 aromatic carbocycles. The summed E-state index contributed by atoms with van der Waals surface area (Å²) in [5, 5.41) is 6.35. The molecule has 0 aliphatic rings. The van der Waals surface area contributed by atoms with E-state index in [0.717, 1.165) is 26.2 Å². The summed E-state index contributed by atoms with van der Waals surface area (Å²) >= 11 is 0. The normalized spacial score (nSPS) is 11.4. The molecule has 0 saturated carbocycles. The summed E-state index contributed by atoms with van der Waals surface area (Å²) in [4.78, 5) is 13.1. The molecule has 5 aromatic rings. The lowest BCUT2D eigenvalue weighted by molar-refractivity contribution is -0.119. The van der Waals surface area contributed by atoms with Crippen LogP contribution in [0.2, 0.25) is 0 Å². The summed E-state index contributed by atoms with van der Waals surface area (Å²) < 4.78 is 45.3. The highest BCUT2D eigenvalue weighted by atomic mass is 32.2. The van der Waals surface area contributed by atoms with Crippen LogP contribution in [0.15, 0.2) is 119 Å². The molecule has 1 N–H and O–H groups in total. The molecule has 0 radical (unpaired) electrons. The van der Waals surface area contributed by atoms with Gasteiger partial charge in [-0.15, -0.1) is 0 Å². The van der Waals surface area contributed by atoms with Crippen molar-refractivity contribution in [2.75, 3.05) is 25.1 Å². The van der Waals surface area contributed by atoms with Crippen molar-refractivity contribution >= 4 is 38.6 Å². The van der Waals surface area contributed by atoms with Gasteiger partial charge in [-0.25, -0.2) is 13.8 Å². The average molecular weight is 624 g/mol. The molecule has 45 heavy (non-hydrogen) atoms. The van der Waals surface area contributed by atoms with E-state index in [1.165, 1.54) is 38.6 Å². The number of ether oxygens (including phenoxy) is 3. The van der Waals surface area contributed by atoms with Crippen molar-refractivity contribution in [1.82, 2.24) is 5.43 Å². The van der Waals surface area contributed by atoms with E-state index in [2.05, 4.69) is 28.7 Å². The minimum absolute atomic E-state index is 0.0250. The van der Waals surface area contributed by atoms with Gasteiger partial charge < -0.3 is 14.2 Å². The Morgan fingerprint density at radius 1 is 0.844 bits per heavy atom. The fourth-order valence-electron chi connectivity index (χ4n) is 4.70. The van der Waals surface area contributed by atoms with Gasteiger partial charge in [0.2, 0.25) is 0 Å².